The largest absolute Gasteiger partial charge is 0.440 e. The van der Waals surface area contributed by atoms with E-state index in [1.165, 1.54) is 18.3 Å². The molecule has 20 heavy (non-hydrogen) atoms. The first-order valence-electron chi connectivity index (χ1n) is 5.81. The van der Waals surface area contributed by atoms with Gasteiger partial charge in [0.2, 0.25) is 0 Å². The summed E-state index contributed by atoms with van der Waals surface area (Å²) in [5.41, 5.74) is 0.696. The fraction of sp³-hybridized carbons (Fsp3) is 0.143. The predicted molar refractivity (Wildman–Crippen MR) is 74.5 cm³/mol. The average Bonchev–Trinajstić information content (AvgIpc) is 2.86. The number of amides is 1. The summed E-state index contributed by atoms with van der Waals surface area (Å²) < 4.78 is 5.00. The van der Waals surface area contributed by atoms with Crippen LogP contribution in [0.1, 0.15) is 22.5 Å². The van der Waals surface area contributed by atoms with E-state index in [1.807, 2.05) is 0 Å². The number of hydrogen-bond donors (Lipinski definition) is 2. The molecule has 0 radical (unpaired) electrons. The lowest BCUT2D eigenvalue weighted by Gasteiger charge is -2.02. The van der Waals surface area contributed by atoms with E-state index < -0.39 is 5.91 Å². The Morgan fingerprint density at radius 1 is 1.45 bits per heavy atom. The number of pyridine rings is 1. The van der Waals surface area contributed by atoms with Gasteiger partial charge in [0.15, 0.2) is 11.0 Å². The molecule has 0 spiro atoms. The Bertz CT molecular complexity index is 670. The molecule has 0 saturated heterocycles. The van der Waals surface area contributed by atoms with E-state index in [-0.39, 0.29) is 17.6 Å². The number of aliphatic hydroxyl groups excluding tert-OH is 1. The molecule has 2 aromatic heterocycles. The summed E-state index contributed by atoms with van der Waals surface area (Å²) in [6.07, 6.45) is 1.93. The van der Waals surface area contributed by atoms with Gasteiger partial charge in [-0.1, -0.05) is 11.8 Å². The van der Waals surface area contributed by atoms with E-state index in [0.29, 0.717) is 17.8 Å². The number of anilines is 1. The number of carbonyl (C=O) groups excluding carboxylic acids is 1. The van der Waals surface area contributed by atoms with Crippen LogP contribution in [0.15, 0.2) is 34.9 Å². The number of furan rings is 1. The van der Waals surface area contributed by atoms with Crippen LogP contribution in [0.4, 0.5) is 5.82 Å². The van der Waals surface area contributed by atoms with Crippen LogP contribution in [0.3, 0.4) is 0 Å². The van der Waals surface area contributed by atoms with Gasteiger partial charge >= 0.3 is 0 Å². The van der Waals surface area contributed by atoms with E-state index >= 15 is 0 Å². The first kappa shape index (κ1) is 14.1. The molecule has 0 aromatic carbocycles. The summed E-state index contributed by atoms with van der Waals surface area (Å²) in [7, 11) is 0. The Kier molecular flexibility index (Phi) is 4.77. The summed E-state index contributed by atoms with van der Waals surface area (Å²) in [5, 5.41) is 11.4. The third-order valence-corrected chi connectivity index (χ3v) is 2.47. The maximum absolute atomic E-state index is 11.8. The predicted octanol–water partition coefficient (Wildman–Crippen LogP) is 2.31. The summed E-state index contributed by atoms with van der Waals surface area (Å²) >= 11 is 5.60. The standard InChI is InChI=1S/C14H11ClN2O3/c15-12-5-4-11(20-12)14(19)17-13-9-10(6-7-16-13)3-1-2-8-18/h4-7,9,18H,2,8H2,(H,16,17,19). The minimum absolute atomic E-state index is 0.0148. The van der Waals surface area contributed by atoms with E-state index in [0.717, 1.165) is 0 Å². The second kappa shape index (κ2) is 6.75. The second-order valence-corrected chi connectivity index (χ2v) is 4.14. The Hall–Kier alpha value is -2.29. The molecule has 0 bridgehead atoms. The number of nitrogens with one attached hydrogen (secondary N) is 1. The Labute approximate surface area is 120 Å². The molecule has 0 aliphatic heterocycles. The zero-order valence-electron chi connectivity index (χ0n) is 10.4. The van der Waals surface area contributed by atoms with Crippen LogP contribution in [0.5, 0.6) is 0 Å². The molecule has 2 aromatic rings. The molecule has 102 valence electrons. The topological polar surface area (TPSA) is 75.4 Å². The van der Waals surface area contributed by atoms with E-state index in [4.69, 9.17) is 21.1 Å². The van der Waals surface area contributed by atoms with Gasteiger partial charge in [-0.2, -0.15) is 0 Å². The van der Waals surface area contributed by atoms with Crippen LogP contribution in [-0.4, -0.2) is 22.6 Å². The highest BCUT2D eigenvalue weighted by Gasteiger charge is 2.11. The van der Waals surface area contributed by atoms with E-state index in [2.05, 4.69) is 22.1 Å². The van der Waals surface area contributed by atoms with E-state index in [9.17, 15) is 4.79 Å². The molecule has 2 heterocycles. The molecule has 0 atom stereocenters. The first-order valence-corrected chi connectivity index (χ1v) is 6.19. The SMILES string of the molecule is O=C(Nc1cc(C#CCCO)ccn1)c1ccc(Cl)o1. The highest BCUT2D eigenvalue weighted by Crippen LogP contribution is 2.15. The minimum Gasteiger partial charge on any atom is -0.440 e. The van der Waals surface area contributed by atoms with Crippen molar-refractivity contribution in [3.63, 3.8) is 0 Å². The molecule has 0 aliphatic rings. The van der Waals surface area contributed by atoms with Crippen LogP contribution in [0, 0.1) is 11.8 Å². The molecule has 0 unspecified atom stereocenters. The number of hydrogen-bond acceptors (Lipinski definition) is 4. The number of aromatic nitrogens is 1. The second-order valence-electron chi connectivity index (χ2n) is 3.76. The van der Waals surface area contributed by atoms with Crippen molar-refractivity contribution in [1.29, 1.82) is 0 Å². The lowest BCUT2D eigenvalue weighted by Crippen LogP contribution is -2.11. The van der Waals surface area contributed by atoms with Gasteiger partial charge in [0.05, 0.1) is 6.61 Å². The Balaban J connectivity index is 2.08. The quantitative estimate of drug-likeness (QED) is 0.851. The normalized spacial score (nSPS) is 9.70. The molecule has 0 fully saturated rings. The summed E-state index contributed by atoms with van der Waals surface area (Å²) in [4.78, 5) is 15.8. The van der Waals surface area contributed by atoms with Crippen molar-refractivity contribution in [2.45, 2.75) is 6.42 Å². The van der Waals surface area contributed by atoms with Gasteiger partial charge in [-0.3, -0.25) is 4.79 Å². The van der Waals surface area contributed by atoms with Crippen molar-refractivity contribution in [3.05, 3.63) is 47.0 Å². The van der Waals surface area contributed by atoms with Crippen molar-refractivity contribution in [3.8, 4) is 11.8 Å². The molecular formula is C14H11ClN2O3. The maximum atomic E-state index is 11.8. The summed E-state index contributed by atoms with van der Waals surface area (Å²) in [5.74, 6) is 5.67. The number of carbonyl (C=O) groups is 1. The summed E-state index contributed by atoms with van der Waals surface area (Å²) in [6.45, 7) is 0.0148. The van der Waals surface area contributed by atoms with Crippen LogP contribution in [0.25, 0.3) is 0 Å². The van der Waals surface area contributed by atoms with Gasteiger partial charge in [-0.05, 0) is 35.9 Å². The van der Waals surface area contributed by atoms with Gasteiger partial charge in [-0.15, -0.1) is 0 Å². The highest BCUT2D eigenvalue weighted by molar-refractivity contribution is 6.29. The Morgan fingerprint density at radius 2 is 2.30 bits per heavy atom. The van der Waals surface area contributed by atoms with Crippen LogP contribution < -0.4 is 5.32 Å². The fourth-order valence-electron chi connectivity index (χ4n) is 1.41. The van der Waals surface area contributed by atoms with Crippen LogP contribution in [0.2, 0.25) is 5.22 Å². The number of rotatable bonds is 3. The van der Waals surface area contributed by atoms with Crippen molar-refractivity contribution in [2.24, 2.45) is 0 Å². The summed E-state index contributed by atoms with van der Waals surface area (Å²) in [6, 6.07) is 6.31. The molecule has 5 nitrogen and oxygen atoms in total. The average molecular weight is 291 g/mol. The van der Waals surface area contributed by atoms with Gasteiger partial charge in [0.1, 0.15) is 5.82 Å². The highest BCUT2D eigenvalue weighted by atomic mass is 35.5. The monoisotopic (exact) mass is 290 g/mol. The number of aliphatic hydroxyl groups is 1. The van der Waals surface area contributed by atoms with Gasteiger partial charge in [0.25, 0.3) is 5.91 Å². The molecule has 2 rings (SSSR count). The molecule has 0 aliphatic carbocycles. The molecule has 2 N–H and O–H groups in total. The van der Waals surface area contributed by atoms with Crippen LogP contribution in [-0.2, 0) is 0 Å². The van der Waals surface area contributed by atoms with E-state index in [1.54, 1.807) is 12.1 Å². The lowest BCUT2D eigenvalue weighted by molar-refractivity contribution is 0.0996. The van der Waals surface area contributed by atoms with Crippen molar-refractivity contribution in [1.82, 2.24) is 4.98 Å². The van der Waals surface area contributed by atoms with Gasteiger partial charge in [0, 0.05) is 18.2 Å². The van der Waals surface area contributed by atoms with Crippen molar-refractivity contribution in [2.75, 3.05) is 11.9 Å². The van der Waals surface area contributed by atoms with Crippen molar-refractivity contribution >= 4 is 23.3 Å². The number of halogens is 1. The smallest absolute Gasteiger partial charge is 0.292 e. The van der Waals surface area contributed by atoms with Crippen molar-refractivity contribution < 1.29 is 14.3 Å². The molecule has 0 saturated carbocycles. The molecule has 6 heteroatoms. The third kappa shape index (κ3) is 3.85. The lowest BCUT2D eigenvalue weighted by atomic mass is 10.2. The zero-order chi connectivity index (χ0) is 14.4. The van der Waals surface area contributed by atoms with Gasteiger partial charge in [-0.25, -0.2) is 4.98 Å². The fourth-order valence-corrected chi connectivity index (χ4v) is 1.56. The van der Waals surface area contributed by atoms with Gasteiger partial charge < -0.3 is 14.8 Å². The Morgan fingerprint density at radius 3 is 3.00 bits per heavy atom. The zero-order valence-corrected chi connectivity index (χ0v) is 11.1. The maximum Gasteiger partial charge on any atom is 0.292 e. The number of nitrogens with zero attached hydrogens (tertiary/aromatic N) is 1. The van der Waals surface area contributed by atoms with Crippen LogP contribution >= 0.6 is 11.6 Å². The minimum atomic E-state index is -0.440. The molecule has 1 amide bonds. The first-order chi connectivity index (χ1) is 9.69. The third-order valence-electron chi connectivity index (χ3n) is 2.27. The molecular weight excluding hydrogens is 280 g/mol.